The van der Waals surface area contributed by atoms with E-state index in [9.17, 15) is 0 Å². The molecule has 0 unspecified atom stereocenters. The lowest BCUT2D eigenvalue weighted by Gasteiger charge is -2.32. The van der Waals surface area contributed by atoms with E-state index in [-0.39, 0.29) is 0 Å². The Bertz CT molecular complexity index is 578. The Labute approximate surface area is 118 Å². The second-order valence-electron chi connectivity index (χ2n) is 5.33. The number of aryl methyl sites for hydroxylation is 1. The summed E-state index contributed by atoms with van der Waals surface area (Å²) in [4.78, 5) is 13.2. The maximum Gasteiger partial charge on any atom is 0.130 e. The molecular weight excluding hydrogens is 250 g/mol. The van der Waals surface area contributed by atoms with Gasteiger partial charge >= 0.3 is 0 Å². The van der Waals surface area contributed by atoms with Crippen molar-refractivity contribution in [3.8, 4) is 0 Å². The Morgan fingerprint density at radius 3 is 2.85 bits per heavy atom. The summed E-state index contributed by atoms with van der Waals surface area (Å²) in [5.74, 6) is 2.15. The number of rotatable bonds is 4. The van der Waals surface area contributed by atoms with Gasteiger partial charge in [0.1, 0.15) is 11.6 Å². The molecule has 0 radical (unpaired) electrons. The van der Waals surface area contributed by atoms with Crippen molar-refractivity contribution in [2.45, 2.75) is 38.3 Å². The molecule has 3 rings (SSSR count). The number of aromatic nitrogens is 3. The molecule has 2 heterocycles. The topological polar surface area (TPSA) is 76.7 Å². The maximum atomic E-state index is 5.85. The molecule has 0 aliphatic heterocycles. The molecule has 5 nitrogen and oxygen atoms in total. The van der Waals surface area contributed by atoms with Crippen LogP contribution in [0.25, 0.3) is 0 Å². The van der Waals surface area contributed by atoms with Crippen molar-refractivity contribution in [2.24, 2.45) is 5.73 Å². The normalized spacial score (nSPS) is 21.3. The van der Waals surface area contributed by atoms with Crippen LogP contribution in [0.4, 0.5) is 5.82 Å². The Kier molecular flexibility index (Phi) is 3.60. The van der Waals surface area contributed by atoms with E-state index in [1.807, 2.05) is 31.2 Å². The van der Waals surface area contributed by atoms with Crippen LogP contribution < -0.4 is 11.1 Å². The van der Waals surface area contributed by atoms with Crippen molar-refractivity contribution in [1.29, 1.82) is 0 Å². The fourth-order valence-corrected chi connectivity index (χ4v) is 2.48. The summed E-state index contributed by atoms with van der Waals surface area (Å²) in [6.07, 6.45) is 3.84. The van der Waals surface area contributed by atoms with E-state index >= 15 is 0 Å². The molecule has 2 aromatic heterocycles. The number of hydrogen-bond acceptors (Lipinski definition) is 5. The lowest BCUT2D eigenvalue weighted by Crippen LogP contribution is -2.35. The Hall–Kier alpha value is -2.01. The fourth-order valence-electron chi connectivity index (χ4n) is 2.48. The molecule has 1 aliphatic rings. The van der Waals surface area contributed by atoms with Gasteiger partial charge in [0.05, 0.1) is 12.2 Å². The minimum Gasteiger partial charge on any atom is -0.364 e. The van der Waals surface area contributed by atoms with Crippen molar-refractivity contribution < 1.29 is 0 Å². The SMILES string of the molecule is Cc1nc(NCc2ccccn2)cc(C2CC(N)C2)n1. The zero-order valence-electron chi connectivity index (χ0n) is 11.6. The Morgan fingerprint density at radius 2 is 2.15 bits per heavy atom. The van der Waals surface area contributed by atoms with E-state index in [1.54, 1.807) is 6.20 Å². The van der Waals surface area contributed by atoms with Gasteiger partial charge in [-0.15, -0.1) is 0 Å². The Balaban J connectivity index is 1.70. The molecule has 1 fully saturated rings. The number of anilines is 1. The van der Waals surface area contributed by atoms with Gasteiger partial charge in [0.2, 0.25) is 0 Å². The van der Waals surface area contributed by atoms with E-state index in [0.29, 0.717) is 18.5 Å². The first-order valence-corrected chi connectivity index (χ1v) is 6.95. The van der Waals surface area contributed by atoms with Crippen molar-refractivity contribution >= 4 is 5.82 Å². The van der Waals surface area contributed by atoms with Crippen LogP contribution in [-0.2, 0) is 6.54 Å². The lowest BCUT2D eigenvalue weighted by atomic mass is 9.78. The summed E-state index contributed by atoms with van der Waals surface area (Å²) in [6, 6.07) is 8.26. The minimum atomic E-state index is 0.334. The van der Waals surface area contributed by atoms with Crippen molar-refractivity contribution in [1.82, 2.24) is 15.0 Å². The quantitative estimate of drug-likeness (QED) is 0.887. The molecule has 1 aliphatic carbocycles. The second-order valence-corrected chi connectivity index (χ2v) is 5.33. The molecule has 20 heavy (non-hydrogen) atoms. The van der Waals surface area contributed by atoms with Crippen LogP contribution >= 0.6 is 0 Å². The number of nitrogens with one attached hydrogen (secondary N) is 1. The smallest absolute Gasteiger partial charge is 0.130 e. The summed E-state index contributed by atoms with van der Waals surface area (Å²) < 4.78 is 0. The zero-order chi connectivity index (χ0) is 13.9. The average Bonchev–Trinajstić information content (AvgIpc) is 2.42. The second kappa shape index (κ2) is 5.54. The number of nitrogens with zero attached hydrogens (tertiary/aromatic N) is 3. The highest BCUT2D eigenvalue weighted by atomic mass is 15.0. The number of pyridine rings is 1. The molecule has 0 spiro atoms. The van der Waals surface area contributed by atoms with Crippen molar-refractivity contribution in [3.05, 3.63) is 47.7 Å². The van der Waals surface area contributed by atoms with Crippen LogP contribution in [-0.4, -0.2) is 21.0 Å². The molecule has 0 amide bonds. The van der Waals surface area contributed by atoms with E-state index in [4.69, 9.17) is 5.73 Å². The Morgan fingerprint density at radius 1 is 1.30 bits per heavy atom. The van der Waals surface area contributed by atoms with Gasteiger partial charge in [-0.25, -0.2) is 9.97 Å². The summed E-state index contributed by atoms with van der Waals surface area (Å²) in [7, 11) is 0. The molecule has 0 bridgehead atoms. The standard InChI is InChI=1S/C15H19N5/c1-10-19-14(11-6-12(16)7-11)8-15(20-10)18-9-13-4-2-3-5-17-13/h2-5,8,11-12H,6-7,9,16H2,1H3,(H,18,19,20). The predicted octanol–water partition coefficient (Wildman–Crippen LogP) is 2.00. The first kappa shape index (κ1) is 13.0. The van der Waals surface area contributed by atoms with Crippen LogP contribution in [0.1, 0.15) is 36.0 Å². The van der Waals surface area contributed by atoms with Crippen LogP contribution in [0.2, 0.25) is 0 Å². The molecule has 0 atom stereocenters. The average molecular weight is 269 g/mol. The van der Waals surface area contributed by atoms with Gasteiger partial charge < -0.3 is 11.1 Å². The summed E-state index contributed by atoms with van der Waals surface area (Å²) >= 11 is 0. The van der Waals surface area contributed by atoms with Crippen LogP contribution in [0.15, 0.2) is 30.5 Å². The van der Waals surface area contributed by atoms with Gasteiger partial charge in [0.25, 0.3) is 0 Å². The highest BCUT2D eigenvalue weighted by Gasteiger charge is 2.28. The molecule has 0 saturated heterocycles. The maximum absolute atomic E-state index is 5.85. The first-order valence-electron chi connectivity index (χ1n) is 6.95. The third-order valence-electron chi connectivity index (χ3n) is 3.63. The first-order chi connectivity index (χ1) is 9.70. The molecule has 5 heteroatoms. The van der Waals surface area contributed by atoms with Gasteiger partial charge in [-0.2, -0.15) is 0 Å². The van der Waals surface area contributed by atoms with E-state index in [0.717, 1.165) is 35.9 Å². The lowest BCUT2D eigenvalue weighted by molar-refractivity contribution is 0.344. The third-order valence-corrected chi connectivity index (χ3v) is 3.63. The van der Waals surface area contributed by atoms with Crippen LogP contribution in [0, 0.1) is 6.92 Å². The molecule has 1 saturated carbocycles. The molecule has 2 aromatic rings. The van der Waals surface area contributed by atoms with E-state index < -0.39 is 0 Å². The largest absolute Gasteiger partial charge is 0.364 e. The molecule has 0 aromatic carbocycles. The van der Waals surface area contributed by atoms with Gasteiger partial charge in [0, 0.05) is 29.9 Å². The van der Waals surface area contributed by atoms with E-state index in [2.05, 4.69) is 20.3 Å². The van der Waals surface area contributed by atoms with Gasteiger partial charge in [-0.1, -0.05) is 6.07 Å². The highest BCUT2D eigenvalue weighted by Crippen LogP contribution is 2.35. The van der Waals surface area contributed by atoms with Gasteiger partial charge in [0.15, 0.2) is 0 Å². The minimum absolute atomic E-state index is 0.334. The van der Waals surface area contributed by atoms with Gasteiger partial charge in [-0.3, -0.25) is 4.98 Å². The molecule has 3 N–H and O–H groups in total. The van der Waals surface area contributed by atoms with E-state index in [1.165, 1.54) is 0 Å². The van der Waals surface area contributed by atoms with Crippen LogP contribution in [0.5, 0.6) is 0 Å². The molecular formula is C15H19N5. The number of hydrogen-bond donors (Lipinski definition) is 2. The van der Waals surface area contributed by atoms with Gasteiger partial charge in [-0.05, 0) is 31.9 Å². The zero-order valence-corrected chi connectivity index (χ0v) is 11.6. The fraction of sp³-hybridized carbons (Fsp3) is 0.400. The monoisotopic (exact) mass is 269 g/mol. The number of nitrogens with two attached hydrogens (primary N) is 1. The van der Waals surface area contributed by atoms with Crippen LogP contribution in [0.3, 0.4) is 0 Å². The van der Waals surface area contributed by atoms with Crippen molar-refractivity contribution in [2.75, 3.05) is 5.32 Å². The predicted molar refractivity (Wildman–Crippen MR) is 78.3 cm³/mol. The molecule has 104 valence electrons. The summed E-state index contributed by atoms with van der Waals surface area (Å²) in [6.45, 7) is 2.59. The van der Waals surface area contributed by atoms with Crippen molar-refractivity contribution in [3.63, 3.8) is 0 Å². The summed E-state index contributed by atoms with van der Waals surface area (Å²) in [5.41, 5.74) is 7.95. The highest BCUT2D eigenvalue weighted by molar-refractivity contribution is 5.38. The third kappa shape index (κ3) is 2.93. The summed E-state index contributed by atoms with van der Waals surface area (Å²) in [5, 5.41) is 3.31.